The van der Waals surface area contributed by atoms with Gasteiger partial charge in [0.25, 0.3) is 0 Å². The molecule has 1 atom stereocenters. The lowest BCUT2D eigenvalue weighted by Gasteiger charge is -2.15. The van der Waals surface area contributed by atoms with Crippen molar-refractivity contribution < 1.29 is 33.0 Å². The first kappa shape index (κ1) is 44.6. The van der Waals surface area contributed by atoms with E-state index in [1.165, 1.54) is 86.7 Å². The van der Waals surface area contributed by atoms with Crippen molar-refractivity contribution in [1.82, 2.24) is 0 Å². The number of carbonyl (C=O) groups excluding carboxylic acids is 2. The summed E-state index contributed by atoms with van der Waals surface area (Å²) in [4.78, 5) is 24.4. The van der Waals surface area contributed by atoms with Crippen LogP contribution in [0, 0.1) is 20.8 Å². The topological polar surface area (TPSA) is 99.1 Å². The predicted octanol–water partition coefficient (Wildman–Crippen LogP) is 11.7. The molecule has 292 valence electrons. The van der Waals surface area contributed by atoms with E-state index in [0.29, 0.717) is 12.8 Å². The fourth-order valence-electron chi connectivity index (χ4n) is 6.79. The molecule has 0 aliphatic carbocycles. The normalized spacial score (nSPS) is 12.0. The number of furan rings is 2. The van der Waals surface area contributed by atoms with Crippen molar-refractivity contribution in [2.75, 3.05) is 13.2 Å². The molecule has 1 N–H and O–H groups in total. The van der Waals surface area contributed by atoms with Crippen LogP contribution in [-0.4, -0.2) is 36.4 Å². The van der Waals surface area contributed by atoms with Gasteiger partial charge in [-0.2, -0.15) is 0 Å². The molecule has 2 aromatic heterocycles. The highest BCUT2D eigenvalue weighted by Gasteiger charge is 2.16. The monoisotopic (exact) mass is 715 g/mol. The van der Waals surface area contributed by atoms with Gasteiger partial charge in [-0.1, -0.05) is 104 Å². The zero-order chi connectivity index (χ0) is 37.1. The van der Waals surface area contributed by atoms with Gasteiger partial charge in [0.05, 0.1) is 6.61 Å². The van der Waals surface area contributed by atoms with Gasteiger partial charge in [-0.25, -0.2) is 0 Å². The molecular formula is C44H74O7. The second-order valence-corrected chi connectivity index (χ2v) is 14.9. The lowest BCUT2D eigenvalue weighted by molar-refractivity contribution is -0.161. The number of aryl methyl sites for hydroxylation is 5. The lowest BCUT2D eigenvalue weighted by atomic mass is 10.0. The first-order valence-electron chi connectivity index (χ1n) is 20.9. The molecule has 0 amide bonds. The highest BCUT2D eigenvalue weighted by molar-refractivity contribution is 5.70. The number of ether oxygens (including phenoxy) is 2. The van der Waals surface area contributed by atoms with Crippen molar-refractivity contribution in [3.8, 4) is 0 Å². The first-order valence-corrected chi connectivity index (χ1v) is 20.9. The van der Waals surface area contributed by atoms with Gasteiger partial charge < -0.3 is 23.4 Å². The number of esters is 2. The van der Waals surface area contributed by atoms with Gasteiger partial charge >= 0.3 is 11.9 Å². The minimum absolute atomic E-state index is 0.0880. The summed E-state index contributed by atoms with van der Waals surface area (Å²) in [5.41, 5.74) is 3.94. The molecule has 0 radical (unpaired) electrons. The molecule has 0 saturated carbocycles. The third-order valence-corrected chi connectivity index (χ3v) is 10.2. The van der Waals surface area contributed by atoms with Crippen LogP contribution >= 0.6 is 0 Å². The number of hydrogen-bond acceptors (Lipinski definition) is 7. The molecule has 0 saturated heterocycles. The van der Waals surface area contributed by atoms with Gasteiger partial charge in [0.1, 0.15) is 29.6 Å². The summed E-state index contributed by atoms with van der Waals surface area (Å²) >= 11 is 0. The number of hydrogen-bond donors (Lipinski definition) is 1. The Hall–Kier alpha value is -2.54. The number of rotatable bonds is 32. The highest BCUT2D eigenvalue weighted by Crippen LogP contribution is 2.25. The van der Waals surface area contributed by atoms with Crippen LogP contribution in [0.25, 0.3) is 0 Å². The van der Waals surface area contributed by atoms with Crippen molar-refractivity contribution in [2.45, 2.75) is 208 Å². The summed E-state index contributed by atoms with van der Waals surface area (Å²) < 4.78 is 22.8. The fraction of sp³-hybridized carbons (Fsp3) is 0.773. The predicted molar refractivity (Wildman–Crippen MR) is 207 cm³/mol. The zero-order valence-electron chi connectivity index (χ0n) is 33.4. The molecule has 0 spiro atoms. The van der Waals surface area contributed by atoms with Gasteiger partial charge in [0.2, 0.25) is 0 Å². The van der Waals surface area contributed by atoms with E-state index in [4.69, 9.17) is 18.3 Å². The third kappa shape index (κ3) is 19.8. The lowest BCUT2D eigenvalue weighted by Crippen LogP contribution is -2.28. The third-order valence-electron chi connectivity index (χ3n) is 10.2. The molecule has 7 heteroatoms. The van der Waals surface area contributed by atoms with E-state index < -0.39 is 6.10 Å². The van der Waals surface area contributed by atoms with Gasteiger partial charge in [-0.05, 0) is 82.1 Å². The minimum atomic E-state index is -0.794. The Labute approximate surface area is 311 Å². The Kier molecular flexibility index (Phi) is 24.5. The molecule has 51 heavy (non-hydrogen) atoms. The minimum Gasteiger partial charge on any atom is -0.466 e. The van der Waals surface area contributed by atoms with Gasteiger partial charge in [0, 0.05) is 38.5 Å². The Morgan fingerprint density at radius 2 is 1.08 bits per heavy atom. The van der Waals surface area contributed by atoms with Crippen molar-refractivity contribution >= 4 is 11.9 Å². The largest absolute Gasteiger partial charge is 0.466 e. The van der Waals surface area contributed by atoms with Gasteiger partial charge in [-0.15, -0.1) is 0 Å². The van der Waals surface area contributed by atoms with E-state index in [1.807, 2.05) is 0 Å². The molecule has 0 aliphatic rings. The first-order chi connectivity index (χ1) is 24.8. The standard InChI is InChI=1S/C44H74O7/c1-6-8-21-27-38-32-35(3)40(49-38)28-22-17-13-11-9-10-12-14-20-25-31-44(47)50-39(33-45)34-48-43(46)30-24-19-16-15-18-23-29-42-37(5)36(4)41(51-42)26-7-2/h32,39,45H,6-31,33-34H2,1-5H3/t39-/m0/s1. The number of aliphatic hydroxyl groups excluding tert-OH is 1. The second-order valence-electron chi connectivity index (χ2n) is 14.9. The zero-order valence-corrected chi connectivity index (χ0v) is 33.4. The van der Waals surface area contributed by atoms with Crippen LogP contribution in [0.2, 0.25) is 0 Å². The molecule has 2 aromatic rings. The maximum atomic E-state index is 12.3. The maximum Gasteiger partial charge on any atom is 0.306 e. The van der Waals surface area contributed by atoms with Gasteiger partial charge in [-0.3, -0.25) is 9.59 Å². The van der Waals surface area contributed by atoms with Crippen molar-refractivity contribution in [3.05, 3.63) is 45.8 Å². The summed E-state index contributed by atoms with van der Waals surface area (Å²) in [6.07, 6.45) is 26.8. The van der Waals surface area contributed by atoms with E-state index in [0.717, 1.165) is 107 Å². The number of unbranched alkanes of at least 4 members (excludes halogenated alkanes) is 16. The Bertz CT molecular complexity index is 1190. The van der Waals surface area contributed by atoms with Crippen molar-refractivity contribution in [3.63, 3.8) is 0 Å². The highest BCUT2D eigenvalue weighted by atomic mass is 16.6. The molecule has 7 nitrogen and oxygen atoms in total. The molecule has 0 aliphatic heterocycles. The van der Waals surface area contributed by atoms with E-state index >= 15 is 0 Å². The summed E-state index contributed by atoms with van der Waals surface area (Å²) in [5.74, 6) is 4.01. The van der Waals surface area contributed by atoms with E-state index in [1.54, 1.807) is 0 Å². The smallest absolute Gasteiger partial charge is 0.306 e. The molecule has 0 aromatic carbocycles. The van der Waals surface area contributed by atoms with Crippen LogP contribution in [0.15, 0.2) is 14.9 Å². The van der Waals surface area contributed by atoms with Crippen molar-refractivity contribution in [1.29, 1.82) is 0 Å². The molecule has 0 bridgehead atoms. The number of carbonyl (C=O) groups is 2. The Morgan fingerprint density at radius 1 is 0.588 bits per heavy atom. The summed E-state index contributed by atoms with van der Waals surface area (Å²) in [7, 11) is 0. The SMILES string of the molecule is CCCCCc1cc(C)c(CCCCCCCCCCCCC(=O)O[C@@H](CO)COC(=O)CCCCCCCCc2oc(CCC)c(C)c2C)o1. The molecule has 2 heterocycles. The van der Waals surface area contributed by atoms with Crippen LogP contribution in [0.4, 0.5) is 0 Å². The van der Waals surface area contributed by atoms with Gasteiger partial charge in [0.15, 0.2) is 6.10 Å². The van der Waals surface area contributed by atoms with E-state index in [-0.39, 0.29) is 25.2 Å². The number of aliphatic hydroxyl groups is 1. The average molecular weight is 715 g/mol. The summed E-state index contributed by atoms with van der Waals surface area (Å²) in [6, 6.07) is 2.23. The average Bonchev–Trinajstić information content (AvgIpc) is 3.60. The van der Waals surface area contributed by atoms with Crippen LogP contribution in [-0.2, 0) is 44.7 Å². The van der Waals surface area contributed by atoms with Crippen LogP contribution in [0.3, 0.4) is 0 Å². The summed E-state index contributed by atoms with van der Waals surface area (Å²) in [6.45, 7) is 10.5. The van der Waals surface area contributed by atoms with Crippen LogP contribution < -0.4 is 0 Å². The molecule has 0 fully saturated rings. The van der Waals surface area contributed by atoms with E-state index in [9.17, 15) is 14.7 Å². The Balaban J connectivity index is 1.38. The van der Waals surface area contributed by atoms with Crippen molar-refractivity contribution in [2.24, 2.45) is 0 Å². The Morgan fingerprint density at radius 3 is 1.63 bits per heavy atom. The quantitative estimate of drug-likeness (QED) is 0.0595. The fourth-order valence-corrected chi connectivity index (χ4v) is 6.79. The van der Waals surface area contributed by atoms with Crippen LogP contribution in [0.1, 0.15) is 195 Å². The maximum absolute atomic E-state index is 12.3. The second kappa shape index (κ2) is 28.0. The van der Waals surface area contributed by atoms with Crippen LogP contribution in [0.5, 0.6) is 0 Å². The van der Waals surface area contributed by atoms with E-state index in [2.05, 4.69) is 40.7 Å². The molecule has 0 unspecified atom stereocenters. The molecular weight excluding hydrogens is 640 g/mol. The molecule has 2 rings (SSSR count). The summed E-state index contributed by atoms with van der Waals surface area (Å²) in [5, 5.41) is 9.61.